The lowest BCUT2D eigenvalue weighted by Gasteiger charge is -2.21. The minimum absolute atomic E-state index is 0.103. The van der Waals surface area contributed by atoms with Crippen LogP contribution in [0.1, 0.15) is 325 Å². The fourth-order valence-corrected chi connectivity index (χ4v) is 11.5. The first-order chi connectivity index (χ1) is 41.1. The summed E-state index contributed by atoms with van der Waals surface area (Å²) in [7, 11) is -9.90. The van der Waals surface area contributed by atoms with Crippen molar-refractivity contribution in [2.24, 2.45) is 23.7 Å². The van der Waals surface area contributed by atoms with E-state index < -0.39 is 97.5 Å². The average molecular weight is 1270 g/mol. The first kappa shape index (κ1) is 84.1. The second kappa shape index (κ2) is 57.0. The van der Waals surface area contributed by atoms with Crippen molar-refractivity contribution in [3.63, 3.8) is 0 Å². The van der Waals surface area contributed by atoms with E-state index in [4.69, 9.17) is 37.0 Å². The van der Waals surface area contributed by atoms with Gasteiger partial charge in [0, 0.05) is 25.7 Å². The second-order valence-corrected chi connectivity index (χ2v) is 28.8. The molecule has 0 saturated heterocycles. The number of ether oxygens (including phenoxy) is 4. The topological polar surface area (TPSA) is 237 Å². The van der Waals surface area contributed by atoms with Crippen LogP contribution in [0.25, 0.3) is 0 Å². The van der Waals surface area contributed by atoms with Crippen LogP contribution in [-0.2, 0) is 65.4 Å². The van der Waals surface area contributed by atoms with Crippen molar-refractivity contribution >= 4 is 39.5 Å². The van der Waals surface area contributed by atoms with Crippen LogP contribution >= 0.6 is 15.6 Å². The van der Waals surface area contributed by atoms with Crippen LogP contribution in [0.4, 0.5) is 0 Å². The van der Waals surface area contributed by atoms with Crippen molar-refractivity contribution in [2.45, 2.75) is 343 Å². The normalized spacial score (nSPS) is 14.7. The van der Waals surface area contributed by atoms with Gasteiger partial charge < -0.3 is 33.8 Å². The summed E-state index contributed by atoms with van der Waals surface area (Å²) in [5.41, 5.74) is 0. The van der Waals surface area contributed by atoms with Gasteiger partial charge in [-0.1, -0.05) is 274 Å². The summed E-state index contributed by atoms with van der Waals surface area (Å²) in [6.07, 6.45) is 37.7. The van der Waals surface area contributed by atoms with Crippen LogP contribution in [0.15, 0.2) is 0 Å². The molecular weight excluding hydrogens is 1140 g/mol. The maximum absolute atomic E-state index is 13.0. The van der Waals surface area contributed by atoms with E-state index in [9.17, 15) is 43.2 Å². The molecule has 4 unspecified atom stereocenters. The monoisotopic (exact) mass is 1270 g/mol. The van der Waals surface area contributed by atoms with Crippen LogP contribution in [0, 0.1) is 23.7 Å². The minimum Gasteiger partial charge on any atom is -0.462 e. The molecular formula is C67H130O17P2. The van der Waals surface area contributed by atoms with Crippen LogP contribution in [0.5, 0.6) is 0 Å². The molecule has 0 heterocycles. The number of phosphoric acid groups is 2. The number of esters is 4. The van der Waals surface area contributed by atoms with Gasteiger partial charge in [-0.2, -0.15) is 0 Å². The molecule has 0 aromatic heterocycles. The van der Waals surface area contributed by atoms with Gasteiger partial charge in [0.05, 0.1) is 26.4 Å². The SMILES string of the molecule is CCC(C)CCCCCCCCCCC(=O)O[C@H](COC(=O)CCCCCCCCCC(C)C)COP(=O)(O)OCC(O)COP(=O)(O)OC[C@@H](COC(=O)CCCCCCCCC(C)C)OC(=O)CCCCCCCCCCCCCCC(C)C. The molecule has 0 bridgehead atoms. The van der Waals surface area contributed by atoms with Crippen LogP contribution < -0.4 is 0 Å². The van der Waals surface area contributed by atoms with Crippen molar-refractivity contribution < 1.29 is 80.2 Å². The highest BCUT2D eigenvalue weighted by Crippen LogP contribution is 2.45. The van der Waals surface area contributed by atoms with Crippen LogP contribution in [-0.4, -0.2) is 96.7 Å². The first-order valence-corrected chi connectivity index (χ1v) is 37.7. The summed E-state index contributed by atoms with van der Waals surface area (Å²) in [6.45, 7) is 14.0. The maximum atomic E-state index is 13.0. The molecule has 6 atom stereocenters. The Hall–Kier alpha value is -1.94. The Morgan fingerprint density at radius 2 is 0.558 bits per heavy atom. The molecule has 3 N–H and O–H groups in total. The number of carbonyl (C=O) groups excluding carboxylic acids is 4. The highest BCUT2D eigenvalue weighted by Gasteiger charge is 2.30. The summed E-state index contributed by atoms with van der Waals surface area (Å²) in [4.78, 5) is 72.3. The Bertz CT molecular complexity index is 1720. The number of hydrogen-bond donors (Lipinski definition) is 3. The third-order valence-electron chi connectivity index (χ3n) is 15.7. The van der Waals surface area contributed by atoms with E-state index >= 15 is 0 Å². The lowest BCUT2D eigenvalue weighted by atomic mass is 9.99. The van der Waals surface area contributed by atoms with Crippen LogP contribution in [0.3, 0.4) is 0 Å². The molecule has 0 aromatic rings. The second-order valence-electron chi connectivity index (χ2n) is 25.9. The van der Waals surface area contributed by atoms with Gasteiger partial charge in [-0.15, -0.1) is 0 Å². The average Bonchev–Trinajstić information content (AvgIpc) is 3.67. The summed E-state index contributed by atoms with van der Waals surface area (Å²) < 4.78 is 68.1. The van der Waals surface area contributed by atoms with Gasteiger partial charge in [-0.05, 0) is 49.4 Å². The molecule has 0 aromatic carbocycles. The Kier molecular flexibility index (Phi) is 55.7. The number of rotatable bonds is 64. The molecule has 0 amide bonds. The fraction of sp³-hybridized carbons (Fsp3) is 0.940. The Labute approximate surface area is 524 Å². The van der Waals surface area contributed by atoms with E-state index in [1.165, 1.54) is 116 Å². The van der Waals surface area contributed by atoms with E-state index in [-0.39, 0.29) is 25.7 Å². The van der Waals surface area contributed by atoms with Crippen molar-refractivity contribution in [2.75, 3.05) is 39.6 Å². The van der Waals surface area contributed by atoms with Crippen molar-refractivity contribution in [1.29, 1.82) is 0 Å². The number of aliphatic hydroxyl groups excluding tert-OH is 1. The Morgan fingerprint density at radius 1 is 0.326 bits per heavy atom. The maximum Gasteiger partial charge on any atom is 0.472 e. The standard InChI is InChI=1S/C67H130O17P2/c1-9-60(8)46-38-30-21-16-17-23-34-42-50-67(72)84-62(53-77-64(69)47-39-31-24-18-20-28-36-44-58(4)5)55-81-85(73,74)79-51-61(68)52-80-86(75,76)82-56-63(54-78-65(70)48-40-32-26-25-29-37-45-59(6)7)83-66(71)49-41-33-22-15-13-11-10-12-14-19-27-35-43-57(2)3/h57-63,68H,9-56H2,1-8H3,(H,73,74)(H,75,76)/t60?,61?,62-,63-/m1/s1. The predicted molar refractivity (Wildman–Crippen MR) is 344 cm³/mol. The molecule has 86 heavy (non-hydrogen) atoms. The van der Waals surface area contributed by atoms with E-state index in [0.717, 1.165) is 115 Å². The molecule has 19 heteroatoms. The van der Waals surface area contributed by atoms with Crippen molar-refractivity contribution in [3.8, 4) is 0 Å². The highest BCUT2D eigenvalue weighted by molar-refractivity contribution is 7.47. The van der Waals surface area contributed by atoms with Crippen molar-refractivity contribution in [3.05, 3.63) is 0 Å². The largest absolute Gasteiger partial charge is 0.472 e. The summed E-state index contributed by atoms with van der Waals surface area (Å²) in [5, 5.41) is 10.6. The summed E-state index contributed by atoms with van der Waals surface area (Å²) in [6, 6.07) is 0. The van der Waals surface area contributed by atoms with Gasteiger partial charge in [-0.25, -0.2) is 9.13 Å². The quantitative estimate of drug-likeness (QED) is 0.0222. The number of aliphatic hydroxyl groups is 1. The molecule has 0 fully saturated rings. The minimum atomic E-state index is -4.95. The molecule has 0 aliphatic rings. The summed E-state index contributed by atoms with van der Waals surface area (Å²) >= 11 is 0. The Morgan fingerprint density at radius 3 is 0.826 bits per heavy atom. The lowest BCUT2D eigenvalue weighted by molar-refractivity contribution is -0.161. The van der Waals surface area contributed by atoms with Crippen LogP contribution in [0.2, 0.25) is 0 Å². The van der Waals surface area contributed by atoms with Gasteiger partial charge in [0.25, 0.3) is 0 Å². The van der Waals surface area contributed by atoms with Gasteiger partial charge in [-0.3, -0.25) is 37.3 Å². The highest BCUT2D eigenvalue weighted by atomic mass is 31.2. The number of carbonyl (C=O) groups is 4. The molecule has 0 saturated carbocycles. The molecule has 0 spiro atoms. The smallest absolute Gasteiger partial charge is 0.462 e. The van der Waals surface area contributed by atoms with Gasteiger partial charge in [0.1, 0.15) is 19.3 Å². The van der Waals surface area contributed by atoms with Crippen molar-refractivity contribution in [1.82, 2.24) is 0 Å². The lowest BCUT2D eigenvalue weighted by Crippen LogP contribution is -2.30. The molecule has 17 nitrogen and oxygen atoms in total. The third-order valence-corrected chi connectivity index (χ3v) is 17.6. The van der Waals surface area contributed by atoms with E-state index in [1.807, 2.05) is 0 Å². The zero-order valence-electron chi connectivity index (χ0n) is 55.9. The van der Waals surface area contributed by atoms with E-state index in [0.29, 0.717) is 37.5 Å². The van der Waals surface area contributed by atoms with Gasteiger partial charge in [0.15, 0.2) is 12.2 Å². The first-order valence-electron chi connectivity index (χ1n) is 34.7. The van der Waals surface area contributed by atoms with Gasteiger partial charge in [0.2, 0.25) is 0 Å². The molecule has 0 aliphatic heterocycles. The third kappa shape index (κ3) is 59.7. The molecule has 510 valence electrons. The van der Waals surface area contributed by atoms with Gasteiger partial charge >= 0.3 is 39.5 Å². The zero-order valence-corrected chi connectivity index (χ0v) is 57.7. The van der Waals surface area contributed by atoms with E-state index in [1.54, 1.807) is 0 Å². The molecule has 0 radical (unpaired) electrons. The molecule has 0 rings (SSSR count). The zero-order chi connectivity index (χ0) is 63.9. The van der Waals surface area contributed by atoms with E-state index in [2.05, 4.69) is 55.4 Å². The number of unbranched alkanes of at least 4 members (excludes halogenated alkanes) is 29. The number of phosphoric ester groups is 2. The number of hydrogen-bond acceptors (Lipinski definition) is 15. The summed E-state index contributed by atoms with van der Waals surface area (Å²) in [5.74, 6) is 0.793. The fourth-order valence-electron chi connectivity index (χ4n) is 9.93. The Balaban J connectivity index is 5.24. The molecule has 0 aliphatic carbocycles. The predicted octanol–water partition coefficient (Wildman–Crippen LogP) is 18.5.